The molecule has 13 aromatic rings. The molecule has 3 aromatic heterocycles. The Balaban J connectivity index is 1.03. The van der Waals surface area contributed by atoms with Gasteiger partial charge in [0, 0.05) is 49.4 Å². The first-order valence-corrected chi connectivity index (χ1v) is 21.7. The van der Waals surface area contributed by atoms with E-state index < -0.39 is 0 Å². The maximum Gasteiger partial charge on any atom is 0.0562 e. The van der Waals surface area contributed by atoms with Crippen molar-refractivity contribution in [2.75, 3.05) is 0 Å². The minimum absolute atomic E-state index is 1.14. The highest BCUT2D eigenvalue weighted by atomic mass is 15.0. The lowest BCUT2D eigenvalue weighted by Gasteiger charge is -2.12. The molecule has 10 aromatic carbocycles. The van der Waals surface area contributed by atoms with Crippen LogP contribution in [0.25, 0.3) is 116 Å². The second kappa shape index (κ2) is 14.1. The van der Waals surface area contributed by atoms with Crippen LogP contribution in [0.5, 0.6) is 0 Å². The van der Waals surface area contributed by atoms with Crippen LogP contribution >= 0.6 is 0 Å². The maximum absolute atomic E-state index is 2.47. The predicted octanol–water partition coefficient (Wildman–Crippen LogP) is 16.0. The van der Waals surface area contributed by atoms with E-state index in [2.05, 4.69) is 250 Å². The number of nitrogens with zero attached hydrogens (tertiary/aromatic N) is 3. The molecule has 0 saturated heterocycles. The van der Waals surface area contributed by atoms with Gasteiger partial charge in [0.1, 0.15) is 0 Å². The van der Waals surface area contributed by atoms with Gasteiger partial charge in [0.2, 0.25) is 0 Å². The van der Waals surface area contributed by atoms with Crippen molar-refractivity contribution in [2.24, 2.45) is 0 Å². The number of para-hydroxylation sites is 3. The summed E-state index contributed by atoms with van der Waals surface area (Å²) in [6, 6.07) is 86.5. The van der Waals surface area contributed by atoms with Crippen LogP contribution in [0.4, 0.5) is 0 Å². The molecule has 0 aliphatic carbocycles. The van der Waals surface area contributed by atoms with Crippen LogP contribution in [0.15, 0.2) is 237 Å². The number of aromatic nitrogens is 3. The first-order valence-electron chi connectivity index (χ1n) is 21.7. The van der Waals surface area contributed by atoms with Crippen LogP contribution < -0.4 is 0 Å². The van der Waals surface area contributed by atoms with Crippen LogP contribution in [-0.4, -0.2) is 13.7 Å². The number of rotatable bonds is 6. The zero-order chi connectivity index (χ0) is 41.4. The van der Waals surface area contributed by atoms with Crippen LogP contribution in [0.1, 0.15) is 0 Å². The van der Waals surface area contributed by atoms with Gasteiger partial charge in [-0.05, 0) is 118 Å². The largest absolute Gasteiger partial charge is 0.309 e. The molecule has 0 aliphatic heterocycles. The number of hydrogen-bond donors (Lipinski definition) is 0. The highest BCUT2D eigenvalue weighted by Crippen LogP contribution is 2.42. The summed E-state index contributed by atoms with van der Waals surface area (Å²) in [7, 11) is 0. The molecule has 0 bridgehead atoms. The van der Waals surface area contributed by atoms with Crippen molar-refractivity contribution in [1.82, 2.24) is 13.7 Å². The molecule has 0 aliphatic rings. The Morgan fingerprint density at radius 3 is 1.16 bits per heavy atom. The molecule has 3 heterocycles. The fraction of sp³-hybridized carbons (Fsp3) is 0. The minimum atomic E-state index is 1.14. The van der Waals surface area contributed by atoms with Gasteiger partial charge in [-0.3, -0.25) is 0 Å². The molecule has 3 heteroatoms. The van der Waals surface area contributed by atoms with E-state index in [4.69, 9.17) is 0 Å². The fourth-order valence-corrected chi connectivity index (χ4v) is 10.1. The number of hydrogen-bond acceptors (Lipinski definition) is 0. The lowest BCUT2D eigenvalue weighted by Crippen LogP contribution is -1.96. The van der Waals surface area contributed by atoms with Gasteiger partial charge in [0.15, 0.2) is 0 Å². The third-order valence-corrected chi connectivity index (χ3v) is 13.0. The highest BCUT2D eigenvalue weighted by Gasteiger charge is 2.20. The van der Waals surface area contributed by atoms with Gasteiger partial charge in [-0.25, -0.2) is 0 Å². The van der Waals surface area contributed by atoms with Crippen LogP contribution in [0.3, 0.4) is 0 Å². The van der Waals surface area contributed by atoms with Gasteiger partial charge in [-0.2, -0.15) is 0 Å². The molecule has 0 saturated carbocycles. The quantitative estimate of drug-likeness (QED) is 0.159. The standard InChI is InChI=1S/C60H39N3/c1-4-15-40(16-5-1)42-27-31-47(32-28-42)61-55-25-12-10-23-49(55)51-36-44(29-33-57(51)61)45-30-34-58-52(37-45)54-38-53-50-24-11-13-26-56(50)62(46-20-8-3-9-21-46)59(53)39-60(54)63(58)48-22-14-19-43(35-48)41-17-6-2-7-18-41/h1-39H. The van der Waals surface area contributed by atoms with E-state index in [-0.39, 0.29) is 0 Å². The highest BCUT2D eigenvalue weighted by molar-refractivity contribution is 6.20. The van der Waals surface area contributed by atoms with Gasteiger partial charge in [0.25, 0.3) is 0 Å². The maximum atomic E-state index is 2.47. The van der Waals surface area contributed by atoms with Crippen LogP contribution in [0, 0.1) is 0 Å². The molecule has 0 fully saturated rings. The predicted molar refractivity (Wildman–Crippen MR) is 266 cm³/mol. The third-order valence-electron chi connectivity index (χ3n) is 13.0. The van der Waals surface area contributed by atoms with Crippen molar-refractivity contribution >= 4 is 65.4 Å². The van der Waals surface area contributed by atoms with E-state index in [9.17, 15) is 0 Å². The lowest BCUT2D eigenvalue weighted by molar-refractivity contribution is 1.16. The summed E-state index contributed by atoms with van der Waals surface area (Å²) in [5.41, 5.74) is 17.8. The lowest BCUT2D eigenvalue weighted by atomic mass is 10.00. The molecular weight excluding hydrogens is 763 g/mol. The molecule has 0 N–H and O–H groups in total. The van der Waals surface area contributed by atoms with Crippen molar-refractivity contribution in [3.8, 4) is 50.4 Å². The van der Waals surface area contributed by atoms with Gasteiger partial charge < -0.3 is 13.7 Å². The Morgan fingerprint density at radius 2 is 0.540 bits per heavy atom. The second-order valence-corrected chi connectivity index (χ2v) is 16.6. The molecule has 0 unspecified atom stereocenters. The summed E-state index contributed by atoms with van der Waals surface area (Å²) in [5.74, 6) is 0. The van der Waals surface area contributed by atoms with Gasteiger partial charge in [-0.1, -0.05) is 152 Å². The van der Waals surface area contributed by atoms with E-state index in [0.717, 1.165) is 17.1 Å². The average molecular weight is 802 g/mol. The summed E-state index contributed by atoms with van der Waals surface area (Å²) in [5, 5.41) is 7.44. The van der Waals surface area contributed by atoms with Gasteiger partial charge in [-0.15, -0.1) is 0 Å². The zero-order valence-corrected chi connectivity index (χ0v) is 34.4. The second-order valence-electron chi connectivity index (χ2n) is 16.6. The number of fused-ring (bicyclic) bond motifs is 9. The SMILES string of the molecule is c1ccc(-c2ccc(-n3c4ccccc4c4cc(-c5ccc6c(c5)c5cc7c8ccccc8n(-c8ccccc8)c7cc5n6-c5cccc(-c6ccccc6)c5)ccc43)cc2)cc1. The molecule has 294 valence electrons. The number of benzene rings is 10. The van der Waals surface area contributed by atoms with Crippen molar-refractivity contribution in [3.63, 3.8) is 0 Å². The van der Waals surface area contributed by atoms with Crippen LogP contribution in [-0.2, 0) is 0 Å². The monoisotopic (exact) mass is 801 g/mol. The van der Waals surface area contributed by atoms with Crippen molar-refractivity contribution < 1.29 is 0 Å². The Hall–Kier alpha value is -8.40. The summed E-state index contributed by atoms with van der Waals surface area (Å²) in [6.07, 6.45) is 0. The van der Waals surface area contributed by atoms with Crippen LogP contribution in [0.2, 0.25) is 0 Å². The summed E-state index contributed by atoms with van der Waals surface area (Å²) >= 11 is 0. The first kappa shape index (κ1) is 35.4. The topological polar surface area (TPSA) is 14.8 Å². The van der Waals surface area contributed by atoms with Crippen molar-refractivity contribution in [1.29, 1.82) is 0 Å². The average Bonchev–Trinajstić information content (AvgIpc) is 3.99. The molecule has 13 rings (SSSR count). The zero-order valence-electron chi connectivity index (χ0n) is 34.4. The summed E-state index contributed by atoms with van der Waals surface area (Å²) in [4.78, 5) is 0. The molecular formula is C60H39N3. The summed E-state index contributed by atoms with van der Waals surface area (Å²) in [6.45, 7) is 0. The molecule has 63 heavy (non-hydrogen) atoms. The Morgan fingerprint density at radius 1 is 0.175 bits per heavy atom. The molecule has 0 radical (unpaired) electrons. The van der Waals surface area contributed by atoms with Gasteiger partial charge >= 0.3 is 0 Å². The van der Waals surface area contributed by atoms with Gasteiger partial charge in [0.05, 0.1) is 33.1 Å². The molecule has 0 atom stereocenters. The normalized spacial score (nSPS) is 11.8. The van der Waals surface area contributed by atoms with E-state index in [0.29, 0.717) is 0 Å². The van der Waals surface area contributed by atoms with E-state index >= 15 is 0 Å². The molecule has 0 spiro atoms. The van der Waals surface area contributed by atoms with Crippen molar-refractivity contribution in [2.45, 2.75) is 0 Å². The Kier molecular flexibility index (Phi) is 7.91. The fourth-order valence-electron chi connectivity index (χ4n) is 10.1. The van der Waals surface area contributed by atoms with E-state index in [1.165, 1.54) is 98.8 Å². The van der Waals surface area contributed by atoms with E-state index in [1.807, 2.05) is 0 Å². The summed E-state index contributed by atoms with van der Waals surface area (Å²) < 4.78 is 7.29. The van der Waals surface area contributed by atoms with Crippen molar-refractivity contribution in [3.05, 3.63) is 237 Å². The first-order chi connectivity index (χ1) is 31.2. The van der Waals surface area contributed by atoms with E-state index in [1.54, 1.807) is 0 Å². The molecule has 0 amide bonds. The Bertz CT molecular complexity index is 3870. The minimum Gasteiger partial charge on any atom is -0.309 e. The smallest absolute Gasteiger partial charge is 0.0562 e. The third kappa shape index (κ3) is 5.60. The Labute approximate surface area is 364 Å². The molecule has 3 nitrogen and oxygen atoms in total.